The Labute approximate surface area is 125 Å². The predicted molar refractivity (Wildman–Crippen MR) is 82.9 cm³/mol. The van der Waals surface area contributed by atoms with Crippen LogP contribution in [0.25, 0.3) is 0 Å². The van der Waals surface area contributed by atoms with Gasteiger partial charge < -0.3 is 10.5 Å². The Hall–Kier alpha value is -1.91. The average Bonchev–Trinajstić information content (AvgIpc) is 2.71. The summed E-state index contributed by atoms with van der Waals surface area (Å²) in [5.41, 5.74) is 15.1. The van der Waals surface area contributed by atoms with Gasteiger partial charge in [0, 0.05) is 11.8 Å². The van der Waals surface area contributed by atoms with Gasteiger partial charge in [-0.3, -0.25) is 10.7 Å². The Balaban J connectivity index is 2.16. The van der Waals surface area contributed by atoms with E-state index in [1.807, 2.05) is 18.2 Å². The molecule has 3 rings (SSSR count). The van der Waals surface area contributed by atoms with Gasteiger partial charge in [-0.25, -0.2) is 0 Å². The predicted octanol–water partition coefficient (Wildman–Crippen LogP) is 2.26. The number of fused-ring (bicyclic) bond motifs is 1. The highest BCUT2D eigenvalue weighted by Gasteiger charge is 2.46. The monoisotopic (exact) mass is 283 g/mol. The van der Waals surface area contributed by atoms with E-state index in [0.29, 0.717) is 5.75 Å². The largest absolute Gasteiger partial charge is 0.471 e. The van der Waals surface area contributed by atoms with Crippen LogP contribution in [0.5, 0.6) is 5.75 Å². The molecule has 0 bridgehead atoms. The molecule has 0 fully saturated rings. The number of rotatable bonds is 1. The van der Waals surface area contributed by atoms with Crippen molar-refractivity contribution in [3.05, 3.63) is 59.4 Å². The van der Waals surface area contributed by atoms with Gasteiger partial charge in [-0.05, 0) is 22.6 Å². The first-order valence-corrected chi connectivity index (χ1v) is 7.10. The molecule has 1 aliphatic rings. The maximum atomic E-state index is 6.67. The minimum absolute atomic E-state index is 0.0526. The molecule has 110 valence electrons. The van der Waals surface area contributed by atoms with Gasteiger partial charge in [-0.1, -0.05) is 45.0 Å². The van der Waals surface area contributed by atoms with Crippen molar-refractivity contribution in [2.45, 2.75) is 38.0 Å². The van der Waals surface area contributed by atoms with E-state index in [1.165, 1.54) is 5.56 Å². The van der Waals surface area contributed by atoms with E-state index in [0.717, 1.165) is 11.1 Å². The summed E-state index contributed by atoms with van der Waals surface area (Å²) in [7, 11) is 0. The molecule has 2 heterocycles. The molecule has 2 aromatic rings. The number of hydrogen-bond acceptors (Lipinski definition) is 4. The Morgan fingerprint density at radius 1 is 1.24 bits per heavy atom. The molecular weight excluding hydrogens is 262 g/mol. The van der Waals surface area contributed by atoms with Gasteiger partial charge in [0.2, 0.25) is 0 Å². The highest BCUT2D eigenvalue weighted by molar-refractivity contribution is 5.50. The van der Waals surface area contributed by atoms with E-state index in [4.69, 9.17) is 16.2 Å². The van der Waals surface area contributed by atoms with E-state index in [9.17, 15) is 0 Å². The summed E-state index contributed by atoms with van der Waals surface area (Å²) < 4.78 is 5.69. The molecule has 1 aliphatic heterocycles. The molecule has 2 unspecified atom stereocenters. The minimum atomic E-state index is -0.848. The van der Waals surface area contributed by atoms with Gasteiger partial charge in [0.1, 0.15) is 11.3 Å². The normalized spacial score (nSPS) is 24.5. The van der Waals surface area contributed by atoms with E-state index >= 15 is 0 Å². The Bertz CT molecular complexity index is 678. The van der Waals surface area contributed by atoms with Crippen molar-refractivity contribution in [2.75, 3.05) is 0 Å². The lowest BCUT2D eigenvalue weighted by Crippen LogP contribution is -2.52. The molecule has 0 saturated carbocycles. The van der Waals surface area contributed by atoms with Gasteiger partial charge in [-0.2, -0.15) is 0 Å². The maximum absolute atomic E-state index is 6.67. The minimum Gasteiger partial charge on any atom is -0.471 e. The van der Waals surface area contributed by atoms with Crippen LogP contribution in [-0.2, 0) is 11.0 Å². The van der Waals surface area contributed by atoms with Crippen molar-refractivity contribution < 1.29 is 4.74 Å². The van der Waals surface area contributed by atoms with Crippen LogP contribution in [0, 0.1) is 0 Å². The Morgan fingerprint density at radius 3 is 2.71 bits per heavy atom. The molecule has 1 aromatic carbocycles. The number of pyridine rings is 1. The molecule has 0 saturated heterocycles. The third kappa shape index (κ3) is 2.11. The van der Waals surface area contributed by atoms with Gasteiger partial charge in [-0.15, -0.1) is 0 Å². The van der Waals surface area contributed by atoms with Crippen molar-refractivity contribution in [1.29, 1.82) is 0 Å². The van der Waals surface area contributed by atoms with Crippen molar-refractivity contribution in [2.24, 2.45) is 11.5 Å². The number of hydrogen-bond donors (Lipinski definition) is 2. The lowest BCUT2D eigenvalue weighted by molar-refractivity contribution is 0.177. The van der Waals surface area contributed by atoms with E-state index in [2.05, 4.69) is 37.9 Å². The quantitative estimate of drug-likeness (QED) is 0.842. The molecule has 4 N–H and O–H groups in total. The first kappa shape index (κ1) is 14.0. The second-order valence-corrected chi connectivity index (χ2v) is 6.61. The van der Waals surface area contributed by atoms with Gasteiger partial charge in [0.15, 0.2) is 6.23 Å². The van der Waals surface area contributed by atoms with Gasteiger partial charge in [0.25, 0.3) is 0 Å². The summed E-state index contributed by atoms with van der Waals surface area (Å²) in [5.74, 6) is 0.661. The van der Waals surface area contributed by atoms with Gasteiger partial charge >= 0.3 is 0 Å². The standard InChI is InChI=1S/C17H21N3O/c1-16(2,3)11-5-4-6-12(9-11)17(19)13-7-8-20-10-14(13)21-15(17)18/h4-10,15H,18-19H2,1-3H3. The van der Waals surface area contributed by atoms with Crippen LogP contribution in [0.4, 0.5) is 0 Å². The fraction of sp³-hybridized carbons (Fsp3) is 0.353. The maximum Gasteiger partial charge on any atom is 0.174 e. The summed E-state index contributed by atoms with van der Waals surface area (Å²) >= 11 is 0. The molecule has 0 aliphatic carbocycles. The topological polar surface area (TPSA) is 74.2 Å². The number of benzene rings is 1. The molecule has 0 amide bonds. The van der Waals surface area contributed by atoms with Crippen LogP contribution < -0.4 is 16.2 Å². The number of nitrogens with two attached hydrogens (primary N) is 2. The lowest BCUT2D eigenvalue weighted by Gasteiger charge is -2.30. The zero-order valence-electron chi connectivity index (χ0n) is 12.6. The summed E-state index contributed by atoms with van der Waals surface area (Å²) in [6.45, 7) is 6.54. The first-order valence-electron chi connectivity index (χ1n) is 7.10. The average molecular weight is 283 g/mol. The van der Waals surface area contributed by atoms with Crippen LogP contribution in [0.15, 0.2) is 42.7 Å². The highest BCUT2D eigenvalue weighted by atomic mass is 16.5. The van der Waals surface area contributed by atoms with Crippen molar-refractivity contribution in [1.82, 2.24) is 4.98 Å². The Morgan fingerprint density at radius 2 is 2.00 bits per heavy atom. The third-order valence-corrected chi connectivity index (χ3v) is 4.14. The summed E-state index contributed by atoms with van der Waals surface area (Å²) in [6.07, 6.45) is 2.76. The van der Waals surface area contributed by atoms with Crippen LogP contribution in [0.1, 0.15) is 37.5 Å². The van der Waals surface area contributed by atoms with Crippen molar-refractivity contribution >= 4 is 0 Å². The molecule has 21 heavy (non-hydrogen) atoms. The van der Waals surface area contributed by atoms with E-state index in [-0.39, 0.29) is 5.41 Å². The van der Waals surface area contributed by atoms with Crippen molar-refractivity contribution in [3.63, 3.8) is 0 Å². The first-order chi connectivity index (χ1) is 9.83. The van der Waals surface area contributed by atoms with Crippen LogP contribution in [-0.4, -0.2) is 11.2 Å². The van der Waals surface area contributed by atoms with E-state index in [1.54, 1.807) is 12.4 Å². The molecular formula is C17H21N3O. The smallest absolute Gasteiger partial charge is 0.174 e. The summed E-state index contributed by atoms with van der Waals surface area (Å²) in [5, 5.41) is 0. The molecule has 0 radical (unpaired) electrons. The second-order valence-electron chi connectivity index (χ2n) is 6.61. The number of nitrogens with zero attached hydrogens (tertiary/aromatic N) is 1. The zero-order valence-corrected chi connectivity index (χ0v) is 12.6. The third-order valence-electron chi connectivity index (χ3n) is 4.14. The second kappa shape index (κ2) is 4.55. The van der Waals surface area contributed by atoms with Crippen LogP contribution in [0.3, 0.4) is 0 Å². The number of aromatic nitrogens is 1. The molecule has 1 aromatic heterocycles. The molecule has 2 atom stereocenters. The molecule has 4 heteroatoms. The summed E-state index contributed by atoms with van der Waals surface area (Å²) in [6, 6.07) is 10.1. The molecule has 4 nitrogen and oxygen atoms in total. The van der Waals surface area contributed by atoms with E-state index < -0.39 is 11.8 Å². The van der Waals surface area contributed by atoms with Crippen molar-refractivity contribution in [3.8, 4) is 5.75 Å². The highest BCUT2D eigenvalue weighted by Crippen LogP contribution is 2.42. The fourth-order valence-corrected chi connectivity index (χ4v) is 2.76. The lowest BCUT2D eigenvalue weighted by atomic mass is 9.79. The SMILES string of the molecule is CC(C)(C)c1cccc(C2(N)c3ccncc3OC2N)c1. The summed E-state index contributed by atoms with van der Waals surface area (Å²) in [4.78, 5) is 4.07. The Kier molecular flexibility index (Phi) is 3.04. The molecule has 0 spiro atoms. The van der Waals surface area contributed by atoms with Crippen LogP contribution in [0.2, 0.25) is 0 Å². The van der Waals surface area contributed by atoms with Gasteiger partial charge in [0.05, 0.1) is 6.20 Å². The van der Waals surface area contributed by atoms with Crippen LogP contribution >= 0.6 is 0 Å². The number of ether oxygens (including phenoxy) is 1. The fourth-order valence-electron chi connectivity index (χ4n) is 2.76. The zero-order chi connectivity index (χ0) is 15.3.